The molecule has 35 heavy (non-hydrogen) atoms. The molecule has 0 radical (unpaired) electrons. The topological polar surface area (TPSA) is 108 Å². The lowest BCUT2D eigenvalue weighted by molar-refractivity contribution is -0.142. The summed E-state index contributed by atoms with van der Waals surface area (Å²) in [5.41, 5.74) is 0. The fraction of sp³-hybridized carbons (Fsp3) is 0.765. The van der Waals surface area contributed by atoms with Crippen LogP contribution in [0.5, 0.6) is 0 Å². The summed E-state index contributed by atoms with van der Waals surface area (Å²) in [6, 6.07) is 0. The molecule has 0 saturated heterocycles. The largest absolute Gasteiger partial charge is 0.479 e. The molecular weight excluding hydrogens is 589 g/mol. The van der Waals surface area contributed by atoms with Gasteiger partial charge < -0.3 is 34.2 Å². The molecule has 0 fully saturated rings. The number of rotatable bonds is 20. The molecule has 206 valence electrons. The van der Waals surface area contributed by atoms with Crippen molar-refractivity contribution in [2.24, 2.45) is 0 Å². The van der Waals surface area contributed by atoms with E-state index in [9.17, 15) is 9.59 Å². The van der Waals surface area contributed by atoms with Crippen molar-refractivity contribution in [2.75, 3.05) is 6.61 Å². The number of esters is 2. The number of hydrogen-bond acceptors (Lipinski definition) is 10. The van der Waals surface area contributed by atoms with Gasteiger partial charge >= 0.3 is 29.5 Å². The smallest absolute Gasteiger partial charge is 0.463 e. The normalized spacial score (nSPS) is 19.1. The Morgan fingerprint density at radius 3 is 1.37 bits per heavy atom. The lowest BCUT2D eigenvalue weighted by Crippen LogP contribution is -2.71. The first-order valence-corrected chi connectivity index (χ1v) is 27.9. The fourth-order valence-corrected chi connectivity index (χ4v) is 33.1. The van der Waals surface area contributed by atoms with Gasteiger partial charge in [0.2, 0.25) is 0 Å². The van der Waals surface area contributed by atoms with Crippen molar-refractivity contribution in [1.82, 2.24) is 0 Å². The Labute approximate surface area is 227 Å². The molecule has 0 amide bonds. The van der Waals surface area contributed by atoms with Gasteiger partial charge in [-0.1, -0.05) is 46.2 Å². The molecule has 0 spiro atoms. The quantitative estimate of drug-likeness (QED) is 0.0892. The molecule has 0 N–H and O–H groups in total. The van der Waals surface area contributed by atoms with E-state index in [1.54, 1.807) is 13.8 Å². The predicted octanol–water partition coefficient (Wildman–Crippen LogP) is -1.50. The number of hydrogen-bond donors (Lipinski definition) is 0. The minimum absolute atomic E-state index is 0.0676. The maximum absolute atomic E-state index is 12.3. The van der Waals surface area contributed by atoms with Gasteiger partial charge in [0.15, 0.2) is 0 Å². The molecule has 0 aromatic carbocycles. The van der Waals surface area contributed by atoms with Crippen LogP contribution >= 0.6 is 0 Å². The SMILES string of the molecule is C[SiH2]O[Si](O[SiH2]C)(O[SiH2]C)C(C)(CCOC(=O)/C=C/C(=O)OC(C)C)[Si](O[SiH2]C)(O[SiH2]C)O[SiH2]C. The third kappa shape index (κ3) is 10.5. The highest BCUT2D eigenvalue weighted by Gasteiger charge is 2.72. The molecule has 0 aliphatic heterocycles. The van der Waals surface area contributed by atoms with Crippen molar-refractivity contribution in [1.29, 1.82) is 0 Å². The zero-order chi connectivity index (χ0) is 27.0. The van der Waals surface area contributed by atoms with E-state index >= 15 is 0 Å². The van der Waals surface area contributed by atoms with Gasteiger partial charge in [0.25, 0.3) is 0 Å². The monoisotopic (exact) mass is 634 g/mol. The third-order valence-electron chi connectivity index (χ3n) is 4.91. The fourth-order valence-electron chi connectivity index (χ4n) is 3.65. The van der Waals surface area contributed by atoms with Crippen LogP contribution < -0.4 is 0 Å². The molecule has 0 unspecified atom stereocenters. The first kappa shape index (κ1) is 35.2. The Hall–Kier alpha value is 0.175. The van der Waals surface area contributed by atoms with Gasteiger partial charge in [-0.15, -0.1) is 0 Å². The summed E-state index contributed by atoms with van der Waals surface area (Å²) < 4.78 is 48.9. The molecule has 0 saturated carbocycles. The second-order valence-corrected chi connectivity index (χ2v) is 23.1. The number of carbonyl (C=O) groups is 2. The molecule has 0 aliphatic rings. The highest BCUT2D eigenvalue weighted by molar-refractivity contribution is 6.93. The van der Waals surface area contributed by atoms with E-state index in [4.69, 9.17) is 34.2 Å². The minimum atomic E-state index is -3.27. The van der Waals surface area contributed by atoms with E-state index in [2.05, 4.69) is 39.3 Å². The summed E-state index contributed by atoms with van der Waals surface area (Å²) in [6.07, 6.45) is 2.26. The molecule has 0 rings (SSSR count). The van der Waals surface area contributed by atoms with E-state index in [0.29, 0.717) is 6.42 Å². The van der Waals surface area contributed by atoms with Gasteiger partial charge in [-0.25, -0.2) is 9.59 Å². The molecule has 0 atom stereocenters. The van der Waals surface area contributed by atoms with Crippen LogP contribution in [0.3, 0.4) is 0 Å². The van der Waals surface area contributed by atoms with Gasteiger partial charge in [0.05, 0.1) is 12.7 Å². The van der Waals surface area contributed by atoms with Crippen LogP contribution in [0, 0.1) is 0 Å². The van der Waals surface area contributed by atoms with Crippen molar-refractivity contribution >= 4 is 88.1 Å². The Morgan fingerprint density at radius 1 is 0.714 bits per heavy atom. The summed E-state index contributed by atoms with van der Waals surface area (Å²) >= 11 is 0. The molecule has 0 bridgehead atoms. The van der Waals surface area contributed by atoms with Crippen LogP contribution in [0.4, 0.5) is 0 Å². The summed E-state index contributed by atoms with van der Waals surface area (Å²) in [5.74, 6) is -1.22. The molecule has 0 aromatic rings. The Balaban J connectivity index is 6.22. The number of ether oxygens (including phenoxy) is 2. The van der Waals surface area contributed by atoms with Crippen molar-refractivity contribution in [3.8, 4) is 0 Å². The van der Waals surface area contributed by atoms with E-state index in [1.165, 1.54) is 0 Å². The maximum atomic E-state index is 12.3. The average Bonchev–Trinajstić information content (AvgIpc) is 2.78. The van der Waals surface area contributed by atoms with Gasteiger partial charge in [-0.05, 0) is 20.3 Å². The van der Waals surface area contributed by atoms with Crippen molar-refractivity contribution < 1.29 is 43.8 Å². The van der Waals surface area contributed by atoms with E-state index in [0.717, 1.165) is 12.2 Å². The molecular formula is C17H46O10Si8. The van der Waals surface area contributed by atoms with E-state index < -0.39 is 92.8 Å². The summed E-state index contributed by atoms with van der Waals surface area (Å²) in [6.45, 7) is 18.0. The molecule has 0 aliphatic carbocycles. The van der Waals surface area contributed by atoms with Gasteiger partial charge in [0, 0.05) is 12.2 Å². The van der Waals surface area contributed by atoms with Gasteiger partial charge in [-0.2, -0.15) is 0 Å². The number of carbonyl (C=O) groups excluding carboxylic acids is 2. The molecule has 0 aromatic heterocycles. The van der Waals surface area contributed by atoms with E-state index in [1.807, 2.05) is 6.92 Å². The Morgan fingerprint density at radius 2 is 1.06 bits per heavy atom. The van der Waals surface area contributed by atoms with Crippen LogP contribution in [0.2, 0.25) is 43.9 Å². The maximum Gasteiger partial charge on any atom is 0.479 e. The van der Waals surface area contributed by atoms with Crippen molar-refractivity contribution in [2.45, 2.75) is 77.2 Å². The second kappa shape index (κ2) is 18.4. The van der Waals surface area contributed by atoms with Crippen LogP contribution in [0.25, 0.3) is 0 Å². The molecule has 18 heteroatoms. The standard InChI is InChI=1S/C17H46O10Si8/c1-14(2)21-16(19)11-10-15(18)20-13-12-17(3,34(22-28-4,23-29-5)24-30-6)35(25-31-7,26-32-8)27-33-9/h10-11,14H,12-13,28-33H2,1-9H3/b11-10+. The van der Waals surface area contributed by atoms with Gasteiger partial charge in [0.1, 0.15) is 63.2 Å². The third-order valence-corrected chi connectivity index (χ3v) is 26.0. The molecule has 0 heterocycles. The summed E-state index contributed by atoms with van der Waals surface area (Å²) in [7, 11) is -11.9. The van der Waals surface area contributed by atoms with Crippen molar-refractivity contribution in [3.63, 3.8) is 0 Å². The van der Waals surface area contributed by atoms with Crippen LogP contribution in [-0.4, -0.2) is 101 Å². The highest BCUT2D eigenvalue weighted by atomic mass is 28.5. The summed E-state index contributed by atoms with van der Waals surface area (Å²) in [5, 5.41) is 0. The Bertz CT molecular complexity index is 594. The van der Waals surface area contributed by atoms with Crippen molar-refractivity contribution in [3.05, 3.63) is 12.2 Å². The lowest BCUT2D eigenvalue weighted by Gasteiger charge is -2.51. The summed E-state index contributed by atoms with van der Waals surface area (Å²) in [4.78, 5) is 24.0. The molecule has 10 nitrogen and oxygen atoms in total. The van der Waals surface area contributed by atoms with Gasteiger partial charge in [-0.3, -0.25) is 0 Å². The second-order valence-electron chi connectivity index (χ2n) is 7.78. The average molecular weight is 635 g/mol. The Kier molecular flexibility index (Phi) is 18.5. The first-order chi connectivity index (χ1) is 16.6. The van der Waals surface area contributed by atoms with Crippen LogP contribution in [0.15, 0.2) is 12.2 Å². The first-order valence-electron chi connectivity index (χ1n) is 12.5. The van der Waals surface area contributed by atoms with Crippen LogP contribution in [0.1, 0.15) is 27.2 Å². The zero-order valence-electron chi connectivity index (χ0n) is 23.0. The minimum Gasteiger partial charge on any atom is -0.463 e. The van der Waals surface area contributed by atoms with E-state index in [-0.39, 0.29) is 12.7 Å². The predicted molar refractivity (Wildman–Crippen MR) is 159 cm³/mol. The highest BCUT2D eigenvalue weighted by Crippen LogP contribution is 2.51. The van der Waals surface area contributed by atoms with Crippen LogP contribution in [-0.2, 0) is 43.8 Å². The lowest BCUT2D eigenvalue weighted by atomic mass is 10.3. The zero-order valence-corrected chi connectivity index (χ0v) is 33.5.